The van der Waals surface area contributed by atoms with E-state index in [-0.39, 0.29) is 6.54 Å². The average molecular weight is 284 g/mol. The summed E-state index contributed by atoms with van der Waals surface area (Å²) in [5.41, 5.74) is 0.982. The van der Waals surface area contributed by atoms with E-state index in [1.54, 1.807) is 24.3 Å². The van der Waals surface area contributed by atoms with Crippen LogP contribution in [0, 0.1) is 0 Å². The molecule has 0 spiro atoms. The zero-order valence-corrected chi connectivity index (χ0v) is 11.4. The SMILES string of the molecule is CCCNS(=O)(=O)N1CC(C(=O)O)c2ccccc21. The lowest BCUT2D eigenvalue weighted by atomic mass is 10.0. The van der Waals surface area contributed by atoms with Crippen LogP contribution in [0.3, 0.4) is 0 Å². The van der Waals surface area contributed by atoms with Crippen molar-refractivity contribution in [2.45, 2.75) is 19.3 Å². The maximum absolute atomic E-state index is 12.1. The maximum Gasteiger partial charge on any atom is 0.312 e. The molecule has 1 aromatic carbocycles. The Kier molecular flexibility index (Phi) is 3.77. The monoisotopic (exact) mass is 284 g/mol. The molecule has 7 heteroatoms. The molecule has 0 amide bonds. The van der Waals surface area contributed by atoms with Crippen molar-refractivity contribution in [1.29, 1.82) is 0 Å². The number of carbonyl (C=O) groups is 1. The number of benzene rings is 1. The number of nitrogens with zero attached hydrogens (tertiary/aromatic N) is 1. The molecule has 6 nitrogen and oxygen atoms in total. The highest BCUT2D eigenvalue weighted by Gasteiger charge is 2.38. The lowest BCUT2D eigenvalue weighted by Crippen LogP contribution is -2.41. The number of carboxylic acid groups (broad SMARTS) is 1. The van der Waals surface area contributed by atoms with E-state index in [4.69, 9.17) is 0 Å². The van der Waals surface area contributed by atoms with Gasteiger partial charge in [0.15, 0.2) is 0 Å². The van der Waals surface area contributed by atoms with E-state index in [9.17, 15) is 18.3 Å². The first kappa shape index (κ1) is 13.8. The topological polar surface area (TPSA) is 86.7 Å². The highest BCUT2D eigenvalue weighted by atomic mass is 32.2. The number of fused-ring (bicyclic) bond motifs is 1. The summed E-state index contributed by atoms with van der Waals surface area (Å²) >= 11 is 0. The lowest BCUT2D eigenvalue weighted by molar-refractivity contribution is -0.138. The van der Waals surface area contributed by atoms with E-state index in [1.807, 2.05) is 6.92 Å². The second-order valence-corrected chi connectivity index (χ2v) is 6.06. The molecule has 0 saturated heterocycles. The summed E-state index contributed by atoms with van der Waals surface area (Å²) in [7, 11) is -3.68. The van der Waals surface area contributed by atoms with E-state index in [2.05, 4.69) is 4.72 Å². The quantitative estimate of drug-likeness (QED) is 0.841. The summed E-state index contributed by atoms with van der Waals surface area (Å²) in [6, 6.07) is 6.70. The van der Waals surface area contributed by atoms with Crippen molar-refractivity contribution in [3.05, 3.63) is 29.8 Å². The Labute approximate surface area is 112 Å². The molecule has 0 radical (unpaired) electrons. The summed E-state index contributed by atoms with van der Waals surface area (Å²) in [6.45, 7) is 2.13. The van der Waals surface area contributed by atoms with Gasteiger partial charge >= 0.3 is 16.2 Å². The smallest absolute Gasteiger partial charge is 0.312 e. The van der Waals surface area contributed by atoms with Gasteiger partial charge in [-0.05, 0) is 18.1 Å². The highest BCUT2D eigenvalue weighted by molar-refractivity contribution is 7.90. The normalized spacial score (nSPS) is 18.4. The minimum Gasteiger partial charge on any atom is -0.481 e. The number of rotatable bonds is 5. The molecule has 0 fully saturated rings. The fraction of sp³-hybridized carbons (Fsp3) is 0.417. The average Bonchev–Trinajstić information content (AvgIpc) is 2.77. The van der Waals surface area contributed by atoms with Crippen LogP contribution in [0.5, 0.6) is 0 Å². The van der Waals surface area contributed by atoms with Gasteiger partial charge in [0.05, 0.1) is 12.2 Å². The van der Waals surface area contributed by atoms with Crippen molar-refractivity contribution in [1.82, 2.24) is 4.72 Å². The van der Waals surface area contributed by atoms with Gasteiger partial charge in [0.25, 0.3) is 0 Å². The van der Waals surface area contributed by atoms with Gasteiger partial charge in [-0.2, -0.15) is 13.1 Å². The molecule has 19 heavy (non-hydrogen) atoms. The van der Waals surface area contributed by atoms with E-state index >= 15 is 0 Å². The van der Waals surface area contributed by atoms with Crippen LogP contribution in [0.4, 0.5) is 5.69 Å². The van der Waals surface area contributed by atoms with Crippen molar-refractivity contribution in [2.24, 2.45) is 0 Å². The number of aliphatic carboxylic acids is 1. The third-order valence-electron chi connectivity index (χ3n) is 3.05. The first-order valence-corrected chi connectivity index (χ1v) is 7.50. The Morgan fingerprint density at radius 1 is 1.47 bits per heavy atom. The van der Waals surface area contributed by atoms with Crippen LogP contribution in [0.1, 0.15) is 24.8 Å². The Bertz CT molecular complexity index is 585. The molecule has 104 valence electrons. The van der Waals surface area contributed by atoms with Crippen LogP contribution in [-0.2, 0) is 15.0 Å². The number of para-hydroxylation sites is 1. The first-order valence-electron chi connectivity index (χ1n) is 6.06. The molecule has 0 aromatic heterocycles. The summed E-state index contributed by atoms with van der Waals surface area (Å²) in [5.74, 6) is -1.82. The second-order valence-electron chi connectivity index (χ2n) is 4.38. The Hall–Kier alpha value is -1.60. The highest BCUT2D eigenvalue weighted by Crippen LogP contribution is 2.37. The van der Waals surface area contributed by atoms with Gasteiger partial charge < -0.3 is 5.11 Å². The van der Waals surface area contributed by atoms with Crippen molar-refractivity contribution in [3.8, 4) is 0 Å². The minimum atomic E-state index is -3.68. The summed E-state index contributed by atoms with van der Waals surface area (Å²) in [6.07, 6.45) is 0.678. The third kappa shape index (κ3) is 2.57. The molecule has 1 unspecified atom stereocenters. The van der Waals surface area contributed by atoms with Gasteiger partial charge in [0, 0.05) is 6.54 Å². The van der Waals surface area contributed by atoms with E-state index in [1.165, 1.54) is 0 Å². The Morgan fingerprint density at radius 3 is 2.79 bits per heavy atom. The molecule has 1 heterocycles. The Balaban J connectivity index is 2.38. The molecule has 1 aliphatic heterocycles. The van der Waals surface area contributed by atoms with Crippen LogP contribution in [0.25, 0.3) is 0 Å². The molecule has 0 bridgehead atoms. The van der Waals surface area contributed by atoms with Crippen LogP contribution in [-0.4, -0.2) is 32.6 Å². The fourth-order valence-electron chi connectivity index (χ4n) is 2.12. The molecule has 2 N–H and O–H groups in total. The second kappa shape index (κ2) is 5.18. The molecular weight excluding hydrogens is 268 g/mol. The molecule has 1 atom stereocenters. The van der Waals surface area contributed by atoms with Crippen molar-refractivity contribution in [3.63, 3.8) is 0 Å². The van der Waals surface area contributed by atoms with E-state index < -0.39 is 22.1 Å². The van der Waals surface area contributed by atoms with Crippen LogP contribution < -0.4 is 9.03 Å². The molecule has 0 aliphatic carbocycles. The zero-order valence-electron chi connectivity index (χ0n) is 10.5. The van der Waals surface area contributed by atoms with Gasteiger partial charge in [-0.3, -0.25) is 9.10 Å². The largest absolute Gasteiger partial charge is 0.481 e. The molecule has 0 saturated carbocycles. The number of carboxylic acids is 1. The van der Waals surface area contributed by atoms with Crippen molar-refractivity contribution in [2.75, 3.05) is 17.4 Å². The van der Waals surface area contributed by atoms with Crippen LogP contribution in [0.15, 0.2) is 24.3 Å². The van der Waals surface area contributed by atoms with Crippen molar-refractivity contribution >= 4 is 21.9 Å². The molecular formula is C12H16N2O4S. The standard InChI is InChI=1S/C12H16N2O4S/c1-2-7-13-19(17,18)14-8-10(12(15)16)9-5-3-4-6-11(9)14/h3-6,10,13H,2,7-8H2,1H3,(H,15,16). The number of nitrogens with one attached hydrogen (secondary N) is 1. The molecule has 1 aliphatic rings. The van der Waals surface area contributed by atoms with Crippen molar-refractivity contribution < 1.29 is 18.3 Å². The lowest BCUT2D eigenvalue weighted by Gasteiger charge is -2.19. The fourth-order valence-corrected chi connectivity index (χ4v) is 3.51. The minimum absolute atomic E-state index is 0.0618. The maximum atomic E-state index is 12.1. The van der Waals surface area contributed by atoms with Gasteiger partial charge in [0.1, 0.15) is 5.92 Å². The van der Waals surface area contributed by atoms with Gasteiger partial charge in [-0.25, -0.2) is 0 Å². The van der Waals surface area contributed by atoms with E-state index in [0.717, 1.165) is 4.31 Å². The Morgan fingerprint density at radius 2 is 2.16 bits per heavy atom. The summed E-state index contributed by atoms with van der Waals surface area (Å²) < 4.78 is 27.9. The van der Waals surface area contributed by atoms with Gasteiger partial charge in [-0.15, -0.1) is 0 Å². The number of hydrogen-bond donors (Lipinski definition) is 2. The predicted octanol–water partition coefficient (Wildman–Crippen LogP) is 0.919. The summed E-state index contributed by atoms with van der Waals surface area (Å²) in [4.78, 5) is 11.2. The van der Waals surface area contributed by atoms with Crippen LogP contribution in [0.2, 0.25) is 0 Å². The number of anilines is 1. The molecule has 2 rings (SSSR count). The first-order chi connectivity index (χ1) is 8.97. The molecule has 1 aromatic rings. The van der Waals surface area contributed by atoms with E-state index in [0.29, 0.717) is 24.2 Å². The number of hydrogen-bond acceptors (Lipinski definition) is 3. The third-order valence-corrected chi connectivity index (χ3v) is 4.55. The van der Waals surface area contributed by atoms with Crippen LogP contribution >= 0.6 is 0 Å². The van der Waals surface area contributed by atoms with Gasteiger partial charge in [-0.1, -0.05) is 25.1 Å². The zero-order chi connectivity index (χ0) is 14.0. The van der Waals surface area contributed by atoms with Gasteiger partial charge in [0.2, 0.25) is 0 Å². The summed E-state index contributed by atoms with van der Waals surface area (Å²) in [5, 5.41) is 9.18. The predicted molar refractivity (Wildman–Crippen MR) is 71.4 cm³/mol.